The number of rotatable bonds is 4. The van der Waals surface area contributed by atoms with Crippen LogP contribution < -0.4 is 4.74 Å². The second-order valence-corrected chi connectivity index (χ2v) is 6.13. The maximum Gasteiger partial charge on any atom is 0.573 e. The van der Waals surface area contributed by atoms with Crippen molar-refractivity contribution in [2.24, 2.45) is 5.16 Å². The molecule has 1 aliphatic heterocycles. The summed E-state index contributed by atoms with van der Waals surface area (Å²) in [6, 6.07) is 5.76. The van der Waals surface area contributed by atoms with Gasteiger partial charge in [0.2, 0.25) is 0 Å². The molecule has 0 spiro atoms. The van der Waals surface area contributed by atoms with Crippen LogP contribution in [0.2, 0.25) is 0 Å². The Labute approximate surface area is 129 Å². The van der Waals surface area contributed by atoms with Crippen LogP contribution in [0.4, 0.5) is 13.2 Å². The summed E-state index contributed by atoms with van der Waals surface area (Å²) in [5.74, 6) is 0.712. The van der Waals surface area contributed by atoms with Crippen molar-refractivity contribution in [1.82, 2.24) is 0 Å². The first-order chi connectivity index (χ1) is 9.80. The fourth-order valence-electron chi connectivity index (χ4n) is 1.65. The molecule has 1 heterocycles. The minimum Gasteiger partial charge on any atom is -0.406 e. The molecular weight excluding hydrogens is 327 g/mol. The summed E-state index contributed by atoms with van der Waals surface area (Å²) in [6.45, 7) is 1.88. The highest BCUT2D eigenvalue weighted by atomic mass is 35.5. The third kappa shape index (κ3) is 5.00. The first-order valence-electron chi connectivity index (χ1n) is 6.08. The fourth-order valence-corrected chi connectivity index (χ4v) is 2.81. The minimum atomic E-state index is -4.67. The Morgan fingerprint density at radius 1 is 1.38 bits per heavy atom. The zero-order chi connectivity index (χ0) is 15.5. The number of benzene rings is 1. The molecule has 8 heteroatoms. The van der Waals surface area contributed by atoms with E-state index in [2.05, 4.69) is 9.89 Å². The molecule has 0 radical (unpaired) electrons. The Morgan fingerprint density at radius 3 is 2.57 bits per heavy atom. The first-order valence-corrected chi connectivity index (χ1v) is 7.60. The van der Waals surface area contributed by atoms with E-state index in [1.165, 1.54) is 23.9 Å². The summed E-state index contributed by atoms with van der Waals surface area (Å²) < 4.78 is 39.9. The van der Waals surface area contributed by atoms with Crippen molar-refractivity contribution >= 4 is 28.4 Å². The molecule has 0 bridgehead atoms. The Balaban J connectivity index is 1.85. The van der Waals surface area contributed by atoms with Crippen LogP contribution in [0.25, 0.3) is 0 Å². The third-order valence-electron chi connectivity index (χ3n) is 2.74. The van der Waals surface area contributed by atoms with Crippen LogP contribution in [0, 0.1) is 0 Å². The largest absolute Gasteiger partial charge is 0.573 e. The molecule has 1 aromatic carbocycles. The molecule has 0 fully saturated rings. The predicted molar refractivity (Wildman–Crippen MR) is 76.7 cm³/mol. The van der Waals surface area contributed by atoms with Gasteiger partial charge in [-0.05, 0) is 24.6 Å². The molecular formula is C13H13ClF3NO2S. The molecule has 0 amide bonds. The van der Waals surface area contributed by atoms with Crippen LogP contribution in [-0.4, -0.2) is 22.9 Å². The molecule has 3 nitrogen and oxygen atoms in total. The van der Waals surface area contributed by atoms with Gasteiger partial charge in [0.15, 0.2) is 5.60 Å². The van der Waals surface area contributed by atoms with E-state index in [0.29, 0.717) is 18.1 Å². The maximum absolute atomic E-state index is 12.0. The average molecular weight is 340 g/mol. The molecule has 116 valence electrons. The molecule has 1 aliphatic rings. The third-order valence-corrected chi connectivity index (χ3v) is 4.33. The zero-order valence-electron chi connectivity index (χ0n) is 11.1. The number of nitrogens with zero attached hydrogens (tertiary/aromatic N) is 1. The molecule has 1 atom stereocenters. The zero-order valence-corrected chi connectivity index (χ0v) is 12.7. The van der Waals surface area contributed by atoms with E-state index in [-0.39, 0.29) is 5.75 Å². The van der Waals surface area contributed by atoms with Crippen LogP contribution in [0.3, 0.4) is 0 Å². The van der Waals surface area contributed by atoms with Gasteiger partial charge in [0.1, 0.15) is 10.8 Å². The monoisotopic (exact) mass is 339 g/mol. The summed E-state index contributed by atoms with van der Waals surface area (Å²) in [5, 5.41) is 4.79. The summed E-state index contributed by atoms with van der Waals surface area (Å²) in [5.41, 5.74) is 0.408. The Hall–Kier alpha value is -1.08. The van der Waals surface area contributed by atoms with Gasteiger partial charge in [-0.2, -0.15) is 0 Å². The lowest BCUT2D eigenvalue weighted by Gasteiger charge is -2.16. The van der Waals surface area contributed by atoms with Gasteiger partial charge in [-0.25, -0.2) is 0 Å². The van der Waals surface area contributed by atoms with Gasteiger partial charge in [0, 0.05) is 12.2 Å². The Kier molecular flexibility index (Phi) is 4.93. The van der Waals surface area contributed by atoms with Crippen molar-refractivity contribution in [3.63, 3.8) is 0 Å². The van der Waals surface area contributed by atoms with Gasteiger partial charge < -0.3 is 9.57 Å². The number of hydrogen-bond donors (Lipinski definition) is 0. The van der Waals surface area contributed by atoms with Gasteiger partial charge in [-0.1, -0.05) is 17.3 Å². The summed E-state index contributed by atoms with van der Waals surface area (Å²) in [6.07, 6.45) is -4.03. The second-order valence-electron chi connectivity index (χ2n) is 4.82. The van der Waals surface area contributed by atoms with Crippen molar-refractivity contribution in [3.8, 4) is 5.75 Å². The van der Waals surface area contributed by atoms with E-state index in [9.17, 15) is 13.2 Å². The molecule has 0 aliphatic carbocycles. The molecule has 1 unspecified atom stereocenters. The Bertz CT molecular complexity index is 521. The van der Waals surface area contributed by atoms with Crippen molar-refractivity contribution in [1.29, 1.82) is 0 Å². The smallest absolute Gasteiger partial charge is 0.406 e. The van der Waals surface area contributed by atoms with E-state index in [1.54, 1.807) is 12.1 Å². The summed E-state index contributed by atoms with van der Waals surface area (Å²) in [4.78, 5) is 5.25. The molecule has 2 rings (SSSR count). The van der Waals surface area contributed by atoms with Crippen molar-refractivity contribution < 1.29 is 22.7 Å². The van der Waals surface area contributed by atoms with E-state index in [4.69, 9.17) is 16.4 Å². The van der Waals surface area contributed by atoms with Gasteiger partial charge >= 0.3 is 6.36 Å². The minimum absolute atomic E-state index is 0.229. The number of halogens is 4. The van der Waals surface area contributed by atoms with Crippen LogP contribution in [-0.2, 0) is 10.6 Å². The van der Waals surface area contributed by atoms with E-state index < -0.39 is 12.0 Å². The summed E-state index contributed by atoms with van der Waals surface area (Å²) in [7, 11) is 0. The molecule has 0 saturated heterocycles. The quantitative estimate of drug-likeness (QED) is 0.754. The van der Waals surface area contributed by atoms with Crippen molar-refractivity contribution in [3.05, 3.63) is 29.8 Å². The number of hydrogen-bond acceptors (Lipinski definition) is 4. The molecule has 1 aromatic rings. The topological polar surface area (TPSA) is 30.8 Å². The van der Waals surface area contributed by atoms with E-state index in [1.807, 2.05) is 6.92 Å². The van der Waals surface area contributed by atoms with Crippen LogP contribution in [0.15, 0.2) is 29.4 Å². The number of alkyl halides is 4. The van der Waals surface area contributed by atoms with Gasteiger partial charge in [0.25, 0.3) is 0 Å². The maximum atomic E-state index is 12.0. The van der Waals surface area contributed by atoms with Gasteiger partial charge in [-0.3, -0.25) is 0 Å². The van der Waals surface area contributed by atoms with Crippen LogP contribution in [0.1, 0.15) is 18.9 Å². The Morgan fingerprint density at radius 2 is 2.05 bits per heavy atom. The SMILES string of the molecule is CC1(CCl)CC(SCc2ccc(OC(F)(F)F)cc2)=NO1. The molecule has 0 N–H and O–H groups in total. The number of ether oxygens (including phenoxy) is 1. The lowest BCUT2D eigenvalue weighted by Crippen LogP contribution is -2.26. The van der Waals surface area contributed by atoms with E-state index >= 15 is 0 Å². The van der Waals surface area contributed by atoms with E-state index in [0.717, 1.165) is 10.6 Å². The van der Waals surface area contributed by atoms with Gasteiger partial charge in [-0.15, -0.1) is 36.5 Å². The number of oxime groups is 1. The highest BCUT2D eigenvalue weighted by molar-refractivity contribution is 8.13. The standard InChI is InChI=1S/C13H13ClF3NO2S/c1-12(8-14)6-11(18-20-12)21-7-9-2-4-10(5-3-9)19-13(15,16)17/h2-5H,6-8H2,1H3. The van der Waals surface area contributed by atoms with Crippen molar-refractivity contribution in [2.75, 3.05) is 5.88 Å². The lowest BCUT2D eigenvalue weighted by molar-refractivity contribution is -0.274. The van der Waals surface area contributed by atoms with Crippen LogP contribution in [0.5, 0.6) is 5.75 Å². The highest BCUT2D eigenvalue weighted by Gasteiger charge is 2.33. The molecule has 0 saturated carbocycles. The average Bonchev–Trinajstić information content (AvgIpc) is 2.79. The summed E-state index contributed by atoms with van der Waals surface area (Å²) >= 11 is 7.27. The fraction of sp³-hybridized carbons (Fsp3) is 0.462. The predicted octanol–water partition coefficient (Wildman–Crippen LogP) is 4.55. The lowest BCUT2D eigenvalue weighted by atomic mass is 10.1. The molecule has 0 aromatic heterocycles. The van der Waals surface area contributed by atoms with Gasteiger partial charge in [0.05, 0.1) is 5.88 Å². The van der Waals surface area contributed by atoms with Crippen molar-refractivity contribution in [2.45, 2.75) is 31.1 Å². The first kappa shape index (κ1) is 16.3. The molecule has 21 heavy (non-hydrogen) atoms. The number of thioether (sulfide) groups is 1. The van der Waals surface area contributed by atoms with Crippen LogP contribution >= 0.6 is 23.4 Å². The second kappa shape index (κ2) is 6.36. The normalized spacial score (nSPS) is 21.9. The highest BCUT2D eigenvalue weighted by Crippen LogP contribution is 2.31.